The number of rotatable bonds is 10. The molecule has 5 rings (SSSR count). The number of benzene rings is 2. The van der Waals surface area contributed by atoms with Crippen molar-refractivity contribution >= 4 is 5.69 Å². The molecule has 0 bridgehead atoms. The first-order valence-electron chi connectivity index (χ1n) is 13.4. The van der Waals surface area contributed by atoms with Crippen LogP contribution in [0.15, 0.2) is 42.5 Å². The molecule has 6 heteroatoms. The lowest BCUT2D eigenvalue weighted by molar-refractivity contribution is 0.0106. The fourth-order valence-electron chi connectivity index (χ4n) is 5.62. The average Bonchev–Trinajstić information content (AvgIpc) is 3.41. The SMILES string of the molecule is COCCCN1CCOc2ccc(COC3CNCCC3c3ccc(OC4CCCC4)cc3)cc21. The van der Waals surface area contributed by atoms with Gasteiger partial charge in [-0.05, 0) is 80.5 Å². The Morgan fingerprint density at radius 1 is 1.06 bits per heavy atom. The molecule has 0 radical (unpaired) electrons. The molecular formula is C29H40N2O4. The van der Waals surface area contributed by atoms with E-state index in [0.29, 0.717) is 18.6 Å². The third-order valence-corrected chi connectivity index (χ3v) is 7.56. The fourth-order valence-corrected chi connectivity index (χ4v) is 5.62. The van der Waals surface area contributed by atoms with Gasteiger partial charge in [-0.3, -0.25) is 0 Å². The molecule has 2 fully saturated rings. The first-order valence-corrected chi connectivity index (χ1v) is 13.4. The number of methoxy groups -OCH3 is 1. The van der Waals surface area contributed by atoms with Gasteiger partial charge in [-0.2, -0.15) is 0 Å². The van der Waals surface area contributed by atoms with Crippen LogP contribution in [0.1, 0.15) is 55.6 Å². The number of anilines is 1. The van der Waals surface area contributed by atoms with Gasteiger partial charge in [-0.15, -0.1) is 0 Å². The van der Waals surface area contributed by atoms with Gasteiger partial charge in [0, 0.05) is 32.7 Å². The average molecular weight is 481 g/mol. The molecule has 1 saturated carbocycles. The molecule has 0 spiro atoms. The zero-order chi connectivity index (χ0) is 23.9. The third kappa shape index (κ3) is 6.29. The molecule has 190 valence electrons. The van der Waals surface area contributed by atoms with Gasteiger partial charge in [-0.25, -0.2) is 0 Å². The molecule has 6 nitrogen and oxygen atoms in total. The van der Waals surface area contributed by atoms with Crippen LogP contribution in [0, 0.1) is 0 Å². The first-order chi connectivity index (χ1) is 17.3. The summed E-state index contributed by atoms with van der Waals surface area (Å²) in [5.74, 6) is 2.36. The summed E-state index contributed by atoms with van der Waals surface area (Å²) in [7, 11) is 1.76. The smallest absolute Gasteiger partial charge is 0.142 e. The Bertz CT molecular complexity index is 929. The number of nitrogens with zero attached hydrogens (tertiary/aromatic N) is 1. The molecule has 0 aromatic heterocycles. The van der Waals surface area contributed by atoms with E-state index in [1.165, 1.54) is 42.5 Å². The maximum Gasteiger partial charge on any atom is 0.142 e. The molecule has 1 N–H and O–H groups in total. The second-order valence-corrected chi connectivity index (χ2v) is 10.0. The highest BCUT2D eigenvalue weighted by molar-refractivity contribution is 5.61. The molecule has 0 amide bonds. The minimum atomic E-state index is 0.149. The Kier molecular flexibility index (Phi) is 8.45. The molecule has 35 heavy (non-hydrogen) atoms. The van der Waals surface area contributed by atoms with Gasteiger partial charge < -0.3 is 29.2 Å². The summed E-state index contributed by atoms with van der Waals surface area (Å²) in [4.78, 5) is 2.40. The van der Waals surface area contributed by atoms with E-state index in [1.54, 1.807) is 7.11 Å². The maximum atomic E-state index is 6.53. The Labute approximate surface area is 209 Å². The molecule has 2 aromatic rings. The Balaban J connectivity index is 1.21. The highest BCUT2D eigenvalue weighted by Gasteiger charge is 2.28. The van der Waals surface area contributed by atoms with E-state index < -0.39 is 0 Å². The van der Waals surface area contributed by atoms with Crippen molar-refractivity contribution in [2.75, 3.05) is 51.4 Å². The summed E-state index contributed by atoms with van der Waals surface area (Å²) in [6, 6.07) is 15.2. The lowest BCUT2D eigenvalue weighted by Gasteiger charge is -2.33. The predicted molar refractivity (Wildman–Crippen MR) is 139 cm³/mol. The number of ether oxygens (including phenoxy) is 4. The van der Waals surface area contributed by atoms with E-state index in [9.17, 15) is 0 Å². The normalized spacial score (nSPS) is 22.6. The minimum Gasteiger partial charge on any atom is -0.490 e. The molecule has 2 atom stereocenters. The van der Waals surface area contributed by atoms with Crippen molar-refractivity contribution in [1.82, 2.24) is 5.32 Å². The number of hydrogen-bond acceptors (Lipinski definition) is 6. The van der Waals surface area contributed by atoms with Crippen LogP contribution >= 0.6 is 0 Å². The number of hydrogen-bond donors (Lipinski definition) is 1. The van der Waals surface area contributed by atoms with Crippen LogP contribution in [-0.2, 0) is 16.1 Å². The molecule has 1 saturated heterocycles. The van der Waals surface area contributed by atoms with Crippen LogP contribution in [0.4, 0.5) is 5.69 Å². The van der Waals surface area contributed by atoms with Gasteiger partial charge in [0.15, 0.2) is 0 Å². The highest BCUT2D eigenvalue weighted by atomic mass is 16.5. The molecule has 2 heterocycles. The molecule has 3 aliphatic rings. The molecular weight excluding hydrogens is 440 g/mol. The topological polar surface area (TPSA) is 52.2 Å². The van der Waals surface area contributed by atoms with Crippen LogP contribution in [0.2, 0.25) is 0 Å². The monoisotopic (exact) mass is 480 g/mol. The second kappa shape index (κ2) is 12.1. The van der Waals surface area contributed by atoms with Gasteiger partial charge in [0.05, 0.1) is 31.0 Å². The van der Waals surface area contributed by atoms with Gasteiger partial charge in [0.1, 0.15) is 18.1 Å². The van der Waals surface area contributed by atoms with Crippen LogP contribution in [0.25, 0.3) is 0 Å². The molecule has 1 aliphatic carbocycles. The summed E-state index contributed by atoms with van der Waals surface area (Å²) in [5.41, 5.74) is 3.71. The lowest BCUT2D eigenvalue weighted by Crippen LogP contribution is -2.41. The van der Waals surface area contributed by atoms with E-state index in [0.717, 1.165) is 63.7 Å². The highest BCUT2D eigenvalue weighted by Crippen LogP contribution is 2.34. The number of piperidine rings is 1. The molecule has 2 aliphatic heterocycles. The second-order valence-electron chi connectivity index (χ2n) is 10.0. The quantitative estimate of drug-likeness (QED) is 0.488. The summed E-state index contributed by atoms with van der Waals surface area (Å²) >= 11 is 0. The first kappa shape index (κ1) is 24.4. The van der Waals surface area contributed by atoms with Gasteiger partial charge in [0.25, 0.3) is 0 Å². The summed E-state index contributed by atoms with van der Waals surface area (Å²) in [5, 5.41) is 3.53. The Morgan fingerprint density at radius 3 is 2.74 bits per heavy atom. The van der Waals surface area contributed by atoms with Crippen LogP contribution < -0.4 is 19.7 Å². The van der Waals surface area contributed by atoms with Crippen LogP contribution in [0.3, 0.4) is 0 Å². The number of fused-ring (bicyclic) bond motifs is 1. The molecule has 2 unspecified atom stereocenters. The Morgan fingerprint density at radius 2 is 1.91 bits per heavy atom. The van der Waals surface area contributed by atoms with Crippen LogP contribution in [0.5, 0.6) is 11.5 Å². The van der Waals surface area contributed by atoms with Gasteiger partial charge in [-0.1, -0.05) is 18.2 Å². The van der Waals surface area contributed by atoms with Crippen molar-refractivity contribution < 1.29 is 18.9 Å². The van der Waals surface area contributed by atoms with E-state index in [4.69, 9.17) is 18.9 Å². The van der Waals surface area contributed by atoms with E-state index in [1.807, 2.05) is 0 Å². The predicted octanol–water partition coefficient (Wildman–Crippen LogP) is 4.91. The van der Waals surface area contributed by atoms with Crippen molar-refractivity contribution in [2.45, 2.75) is 63.3 Å². The van der Waals surface area contributed by atoms with E-state index >= 15 is 0 Å². The summed E-state index contributed by atoms with van der Waals surface area (Å²) in [6.07, 6.45) is 7.59. The van der Waals surface area contributed by atoms with Crippen molar-refractivity contribution in [1.29, 1.82) is 0 Å². The summed E-state index contributed by atoms with van der Waals surface area (Å²) in [6.45, 7) is 5.90. The molecule has 2 aromatic carbocycles. The van der Waals surface area contributed by atoms with E-state index in [2.05, 4.69) is 52.7 Å². The van der Waals surface area contributed by atoms with E-state index in [-0.39, 0.29) is 6.10 Å². The Hall–Kier alpha value is -2.28. The van der Waals surface area contributed by atoms with Gasteiger partial charge in [0.2, 0.25) is 0 Å². The van der Waals surface area contributed by atoms with Crippen molar-refractivity contribution in [3.8, 4) is 11.5 Å². The van der Waals surface area contributed by atoms with Crippen molar-refractivity contribution in [3.63, 3.8) is 0 Å². The third-order valence-electron chi connectivity index (χ3n) is 7.56. The zero-order valence-electron chi connectivity index (χ0n) is 21.0. The number of nitrogens with one attached hydrogen (secondary N) is 1. The lowest BCUT2D eigenvalue weighted by atomic mass is 9.87. The summed E-state index contributed by atoms with van der Waals surface area (Å²) < 4.78 is 23.8. The van der Waals surface area contributed by atoms with Crippen molar-refractivity contribution in [3.05, 3.63) is 53.6 Å². The standard InChI is InChI=1S/C29H40N2O4/c1-32-17-4-15-31-16-18-33-28-12-7-22(19-27(28)31)21-34-29-20-30-14-13-26(29)23-8-10-25(11-9-23)35-24-5-2-3-6-24/h7-12,19,24,26,29-30H,2-6,13-18,20-21H2,1H3. The van der Waals surface area contributed by atoms with Crippen LogP contribution in [-0.4, -0.2) is 58.7 Å². The van der Waals surface area contributed by atoms with Crippen molar-refractivity contribution in [2.24, 2.45) is 0 Å². The largest absolute Gasteiger partial charge is 0.490 e. The maximum absolute atomic E-state index is 6.53. The fraction of sp³-hybridized carbons (Fsp3) is 0.586. The zero-order valence-corrected chi connectivity index (χ0v) is 21.0. The van der Waals surface area contributed by atoms with Gasteiger partial charge >= 0.3 is 0 Å². The minimum absolute atomic E-state index is 0.149.